The zero-order valence-electron chi connectivity index (χ0n) is 14.1. The molecule has 0 radical (unpaired) electrons. The molecule has 114 valence electrons. The van der Waals surface area contributed by atoms with Crippen LogP contribution in [0.15, 0.2) is 24.5 Å². The second kappa shape index (κ2) is 5.17. The summed E-state index contributed by atoms with van der Waals surface area (Å²) in [7, 11) is 1.71. The molecule has 0 spiro atoms. The van der Waals surface area contributed by atoms with Crippen LogP contribution in [0.2, 0.25) is 0 Å². The average molecular weight is 287 g/mol. The molecule has 0 unspecified atom stereocenters. The first-order chi connectivity index (χ1) is 9.64. The van der Waals surface area contributed by atoms with Crippen LogP contribution in [0.5, 0.6) is 5.75 Å². The Morgan fingerprint density at radius 1 is 1.00 bits per heavy atom. The Balaban J connectivity index is 2.79. The molecule has 0 amide bonds. The smallest absolute Gasteiger partial charge is 0.148 e. The molecule has 21 heavy (non-hydrogen) atoms. The van der Waals surface area contributed by atoms with Gasteiger partial charge in [0, 0.05) is 5.56 Å². The summed E-state index contributed by atoms with van der Waals surface area (Å²) in [6, 6.07) is 4.39. The number of methoxy groups -OCH3 is 1. The molecule has 1 aromatic heterocycles. The molecule has 4 heteroatoms. The Morgan fingerprint density at radius 3 is 2.10 bits per heavy atom. The first-order valence-electron chi connectivity index (χ1n) is 7.24. The highest BCUT2D eigenvalue weighted by Crippen LogP contribution is 2.39. The van der Waals surface area contributed by atoms with E-state index in [9.17, 15) is 0 Å². The number of aromatic nitrogens is 3. The normalized spacial score (nSPS) is 12.5. The van der Waals surface area contributed by atoms with E-state index in [1.807, 2.05) is 6.20 Å². The number of benzene rings is 1. The van der Waals surface area contributed by atoms with Gasteiger partial charge in [0.2, 0.25) is 0 Å². The molecule has 0 aliphatic rings. The zero-order valence-corrected chi connectivity index (χ0v) is 14.1. The van der Waals surface area contributed by atoms with Gasteiger partial charge in [0.05, 0.1) is 19.5 Å². The van der Waals surface area contributed by atoms with Gasteiger partial charge in [-0.15, -0.1) is 5.10 Å². The van der Waals surface area contributed by atoms with Crippen molar-refractivity contribution in [2.45, 2.75) is 52.4 Å². The van der Waals surface area contributed by atoms with Crippen LogP contribution in [0.4, 0.5) is 0 Å². The Kier molecular flexibility index (Phi) is 3.83. The molecule has 2 rings (SSSR count). The minimum Gasteiger partial charge on any atom is -0.494 e. The molecule has 0 N–H and O–H groups in total. The van der Waals surface area contributed by atoms with Crippen molar-refractivity contribution in [3.8, 4) is 11.4 Å². The lowest BCUT2D eigenvalue weighted by atomic mass is 9.79. The van der Waals surface area contributed by atoms with E-state index in [2.05, 4.69) is 64.0 Å². The maximum atomic E-state index is 5.71. The van der Waals surface area contributed by atoms with E-state index in [1.165, 1.54) is 11.1 Å². The van der Waals surface area contributed by atoms with E-state index < -0.39 is 0 Å². The second-order valence-corrected chi connectivity index (χ2v) is 7.42. The quantitative estimate of drug-likeness (QED) is 0.841. The molecule has 2 aromatic rings. The summed E-state index contributed by atoms with van der Waals surface area (Å²) in [6.07, 6.45) is 3.52. The summed E-state index contributed by atoms with van der Waals surface area (Å²) >= 11 is 0. The summed E-state index contributed by atoms with van der Waals surface area (Å²) in [6.45, 7) is 13.2. The van der Waals surface area contributed by atoms with Gasteiger partial charge in [0.25, 0.3) is 0 Å². The van der Waals surface area contributed by atoms with Gasteiger partial charge in [0.15, 0.2) is 0 Å². The summed E-state index contributed by atoms with van der Waals surface area (Å²) < 4.78 is 7.47. The number of nitrogens with zero attached hydrogens (tertiary/aromatic N) is 3. The van der Waals surface area contributed by atoms with Crippen molar-refractivity contribution >= 4 is 0 Å². The van der Waals surface area contributed by atoms with Gasteiger partial charge in [-0.3, -0.25) is 0 Å². The second-order valence-electron chi connectivity index (χ2n) is 7.42. The van der Waals surface area contributed by atoms with Crippen molar-refractivity contribution in [2.24, 2.45) is 0 Å². The van der Waals surface area contributed by atoms with Gasteiger partial charge in [-0.1, -0.05) is 52.8 Å². The molecule has 1 aromatic carbocycles. The summed E-state index contributed by atoms with van der Waals surface area (Å²) in [5.41, 5.74) is 3.43. The number of hydrogen-bond donors (Lipinski definition) is 0. The molecular formula is C17H25N3O. The number of hydrogen-bond acceptors (Lipinski definition) is 3. The van der Waals surface area contributed by atoms with Gasteiger partial charge in [0.1, 0.15) is 11.4 Å². The fourth-order valence-electron chi connectivity index (χ4n) is 2.33. The zero-order chi connectivity index (χ0) is 15.8. The number of ether oxygens (including phenoxy) is 1. The van der Waals surface area contributed by atoms with Crippen LogP contribution in [0.3, 0.4) is 0 Å². The summed E-state index contributed by atoms with van der Waals surface area (Å²) in [5, 5.41) is 8.04. The van der Waals surface area contributed by atoms with E-state index in [0.29, 0.717) is 0 Å². The fraction of sp³-hybridized carbons (Fsp3) is 0.529. The van der Waals surface area contributed by atoms with E-state index in [1.54, 1.807) is 18.0 Å². The Labute approximate surface area is 127 Å². The first kappa shape index (κ1) is 15.5. The molecule has 0 atom stereocenters. The minimum absolute atomic E-state index is 0.0120. The Morgan fingerprint density at radius 2 is 1.67 bits per heavy atom. The molecule has 0 aliphatic heterocycles. The predicted molar refractivity (Wildman–Crippen MR) is 85.3 cm³/mol. The largest absolute Gasteiger partial charge is 0.494 e. The predicted octanol–water partition coefficient (Wildman–Crippen LogP) is 3.87. The molecule has 4 nitrogen and oxygen atoms in total. The maximum absolute atomic E-state index is 5.71. The summed E-state index contributed by atoms with van der Waals surface area (Å²) in [4.78, 5) is 0. The molecular weight excluding hydrogens is 262 g/mol. The highest BCUT2D eigenvalue weighted by molar-refractivity contribution is 5.57. The third kappa shape index (κ3) is 3.09. The minimum atomic E-state index is -0.0120. The molecule has 0 fully saturated rings. The van der Waals surface area contributed by atoms with E-state index >= 15 is 0 Å². The lowest BCUT2D eigenvalue weighted by Gasteiger charge is -2.28. The third-order valence-corrected chi connectivity index (χ3v) is 3.62. The van der Waals surface area contributed by atoms with Crippen molar-refractivity contribution in [2.75, 3.05) is 7.11 Å². The topological polar surface area (TPSA) is 39.9 Å². The van der Waals surface area contributed by atoms with Gasteiger partial charge >= 0.3 is 0 Å². The van der Waals surface area contributed by atoms with Crippen molar-refractivity contribution in [1.29, 1.82) is 0 Å². The Bertz CT molecular complexity index is 617. The standard InChI is InChI=1S/C17H25N3O/c1-16(2,3)12-10-13(17(4,5)6)15(21-7)14(11-12)20-9-8-18-19-20/h8-11H,1-7H3. The van der Waals surface area contributed by atoms with Crippen LogP contribution in [-0.2, 0) is 10.8 Å². The van der Waals surface area contributed by atoms with Crippen molar-refractivity contribution in [3.05, 3.63) is 35.7 Å². The SMILES string of the molecule is COc1c(-n2ccnn2)cc(C(C)(C)C)cc1C(C)(C)C. The third-order valence-electron chi connectivity index (χ3n) is 3.62. The van der Waals surface area contributed by atoms with Crippen molar-refractivity contribution < 1.29 is 4.74 Å². The lowest BCUT2D eigenvalue weighted by Crippen LogP contribution is -2.19. The number of rotatable bonds is 2. The van der Waals surface area contributed by atoms with Crippen LogP contribution in [0.25, 0.3) is 5.69 Å². The average Bonchev–Trinajstić information content (AvgIpc) is 2.88. The maximum Gasteiger partial charge on any atom is 0.148 e. The van der Waals surface area contributed by atoms with Gasteiger partial charge in [-0.2, -0.15) is 0 Å². The molecule has 0 aliphatic carbocycles. The van der Waals surface area contributed by atoms with Crippen LogP contribution in [0.1, 0.15) is 52.7 Å². The first-order valence-corrected chi connectivity index (χ1v) is 7.24. The molecule has 0 saturated heterocycles. The summed E-state index contributed by atoms with van der Waals surface area (Å²) in [5.74, 6) is 0.862. The highest BCUT2D eigenvalue weighted by atomic mass is 16.5. The Hall–Kier alpha value is -1.84. The van der Waals surface area contributed by atoms with Crippen LogP contribution < -0.4 is 4.74 Å². The van der Waals surface area contributed by atoms with E-state index in [-0.39, 0.29) is 10.8 Å². The van der Waals surface area contributed by atoms with Crippen molar-refractivity contribution in [3.63, 3.8) is 0 Å². The van der Waals surface area contributed by atoms with Crippen molar-refractivity contribution in [1.82, 2.24) is 15.0 Å². The van der Waals surface area contributed by atoms with E-state index in [0.717, 1.165) is 11.4 Å². The monoisotopic (exact) mass is 287 g/mol. The van der Waals surface area contributed by atoms with E-state index in [4.69, 9.17) is 4.74 Å². The van der Waals surface area contributed by atoms with Crippen LogP contribution in [0, 0.1) is 0 Å². The molecule has 0 saturated carbocycles. The van der Waals surface area contributed by atoms with Gasteiger partial charge in [-0.25, -0.2) is 4.68 Å². The van der Waals surface area contributed by atoms with Crippen LogP contribution >= 0.6 is 0 Å². The molecule has 1 heterocycles. The lowest BCUT2D eigenvalue weighted by molar-refractivity contribution is 0.393. The highest BCUT2D eigenvalue weighted by Gasteiger charge is 2.26. The van der Waals surface area contributed by atoms with Crippen LogP contribution in [-0.4, -0.2) is 22.1 Å². The van der Waals surface area contributed by atoms with Gasteiger partial charge < -0.3 is 4.74 Å². The molecule has 0 bridgehead atoms. The fourth-order valence-corrected chi connectivity index (χ4v) is 2.33. The van der Waals surface area contributed by atoms with Gasteiger partial charge in [-0.05, 0) is 22.5 Å².